The molecule has 3 aromatic rings. The van der Waals surface area contributed by atoms with E-state index in [0.29, 0.717) is 13.1 Å². The Hall–Kier alpha value is -2.65. The average Bonchev–Trinajstić information content (AvgIpc) is 2.60. The van der Waals surface area contributed by atoms with Crippen molar-refractivity contribution in [3.05, 3.63) is 83.9 Å². The number of carbonyl (C=O) groups excluding carboxylic acids is 1. The van der Waals surface area contributed by atoms with Crippen molar-refractivity contribution in [3.8, 4) is 0 Å². The van der Waals surface area contributed by atoms with Gasteiger partial charge in [-0.25, -0.2) is 0 Å². The Labute approximate surface area is 142 Å². The minimum Gasteiger partial charge on any atom is -0.351 e. The minimum atomic E-state index is 0.0437. The predicted octanol–water partition coefficient (Wildman–Crippen LogP) is 3.59. The first kappa shape index (κ1) is 16.2. The number of hydrogen-bond donors (Lipinski definition) is 1. The molecule has 0 aliphatic rings. The molecule has 0 aromatic heterocycles. The second-order valence-corrected chi connectivity index (χ2v) is 6.12. The number of nitrogens with zero attached hydrogens (tertiary/aromatic N) is 1. The van der Waals surface area contributed by atoms with Gasteiger partial charge in [0, 0.05) is 13.1 Å². The average molecular weight is 318 g/mol. The van der Waals surface area contributed by atoms with Gasteiger partial charge >= 0.3 is 0 Å². The zero-order chi connectivity index (χ0) is 16.8. The number of hydrogen-bond acceptors (Lipinski definition) is 2. The van der Waals surface area contributed by atoms with E-state index in [4.69, 9.17) is 0 Å². The van der Waals surface area contributed by atoms with Crippen molar-refractivity contribution in [2.45, 2.75) is 13.1 Å². The largest absolute Gasteiger partial charge is 0.351 e. The molecule has 0 unspecified atom stereocenters. The number of likely N-dealkylation sites (N-methyl/N-ethyl adjacent to an activating group) is 1. The monoisotopic (exact) mass is 318 g/mol. The first-order valence-electron chi connectivity index (χ1n) is 8.17. The third-order valence-electron chi connectivity index (χ3n) is 4.01. The lowest BCUT2D eigenvalue weighted by Gasteiger charge is -2.17. The SMILES string of the molecule is CN(CC(=O)NCc1ccccc1)Cc1ccc2ccccc2c1. The van der Waals surface area contributed by atoms with Gasteiger partial charge in [-0.15, -0.1) is 0 Å². The van der Waals surface area contributed by atoms with E-state index < -0.39 is 0 Å². The molecule has 0 bridgehead atoms. The summed E-state index contributed by atoms with van der Waals surface area (Å²) in [5, 5.41) is 5.44. The van der Waals surface area contributed by atoms with Crippen LogP contribution in [0.2, 0.25) is 0 Å². The first-order chi connectivity index (χ1) is 11.7. The van der Waals surface area contributed by atoms with Gasteiger partial charge in [-0.2, -0.15) is 0 Å². The molecule has 3 aromatic carbocycles. The number of rotatable bonds is 6. The van der Waals surface area contributed by atoms with Crippen LogP contribution in [0.1, 0.15) is 11.1 Å². The fraction of sp³-hybridized carbons (Fsp3) is 0.190. The molecule has 1 N–H and O–H groups in total. The van der Waals surface area contributed by atoms with Crippen molar-refractivity contribution < 1.29 is 4.79 Å². The van der Waals surface area contributed by atoms with Gasteiger partial charge in [0.2, 0.25) is 5.91 Å². The fourth-order valence-corrected chi connectivity index (χ4v) is 2.80. The van der Waals surface area contributed by atoms with Crippen LogP contribution in [0.3, 0.4) is 0 Å². The molecule has 0 aliphatic carbocycles. The summed E-state index contributed by atoms with van der Waals surface area (Å²) < 4.78 is 0. The van der Waals surface area contributed by atoms with Crippen LogP contribution in [-0.2, 0) is 17.9 Å². The highest BCUT2D eigenvalue weighted by Gasteiger charge is 2.07. The minimum absolute atomic E-state index is 0.0437. The third kappa shape index (κ3) is 4.43. The first-order valence-corrected chi connectivity index (χ1v) is 8.17. The Kier molecular flexibility index (Phi) is 5.24. The van der Waals surface area contributed by atoms with Gasteiger partial charge in [0.15, 0.2) is 0 Å². The molecule has 0 heterocycles. The van der Waals surface area contributed by atoms with Gasteiger partial charge in [0.25, 0.3) is 0 Å². The summed E-state index contributed by atoms with van der Waals surface area (Å²) in [6.07, 6.45) is 0. The van der Waals surface area contributed by atoms with Crippen LogP contribution in [0.15, 0.2) is 72.8 Å². The summed E-state index contributed by atoms with van der Waals surface area (Å²) in [5.41, 5.74) is 2.33. The molecule has 0 fully saturated rings. The molecule has 0 radical (unpaired) electrons. The molecular formula is C21H22N2O. The Morgan fingerprint density at radius 2 is 1.58 bits per heavy atom. The molecular weight excluding hydrogens is 296 g/mol. The van der Waals surface area contributed by atoms with Crippen molar-refractivity contribution in [1.82, 2.24) is 10.2 Å². The van der Waals surface area contributed by atoms with Gasteiger partial charge in [0.1, 0.15) is 0 Å². The highest BCUT2D eigenvalue weighted by molar-refractivity contribution is 5.83. The Morgan fingerprint density at radius 3 is 2.38 bits per heavy atom. The molecule has 0 saturated heterocycles. The molecule has 0 saturated carbocycles. The smallest absolute Gasteiger partial charge is 0.234 e. The van der Waals surface area contributed by atoms with Gasteiger partial charge in [0.05, 0.1) is 6.54 Å². The van der Waals surface area contributed by atoms with Crippen molar-refractivity contribution in [2.75, 3.05) is 13.6 Å². The summed E-state index contributed by atoms with van der Waals surface area (Å²) in [6, 6.07) is 24.7. The van der Waals surface area contributed by atoms with Gasteiger partial charge in [-0.1, -0.05) is 66.7 Å². The quantitative estimate of drug-likeness (QED) is 0.753. The maximum atomic E-state index is 12.1. The van der Waals surface area contributed by atoms with Crippen LogP contribution < -0.4 is 5.32 Å². The van der Waals surface area contributed by atoms with Crippen LogP contribution in [0.25, 0.3) is 10.8 Å². The molecule has 24 heavy (non-hydrogen) atoms. The second-order valence-electron chi connectivity index (χ2n) is 6.12. The number of nitrogens with one attached hydrogen (secondary N) is 1. The van der Waals surface area contributed by atoms with E-state index in [2.05, 4.69) is 35.6 Å². The van der Waals surface area contributed by atoms with E-state index in [-0.39, 0.29) is 5.91 Å². The molecule has 0 aliphatic heterocycles. The maximum absolute atomic E-state index is 12.1. The van der Waals surface area contributed by atoms with Gasteiger partial charge in [-0.05, 0) is 35.0 Å². The zero-order valence-corrected chi connectivity index (χ0v) is 13.9. The predicted molar refractivity (Wildman–Crippen MR) is 98.6 cm³/mol. The highest BCUT2D eigenvalue weighted by atomic mass is 16.2. The van der Waals surface area contributed by atoms with E-state index in [9.17, 15) is 4.79 Å². The van der Waals surface area contributed by atoms with Crippen molar-refractivity contribution in [2.24, 2.45) is 0 Å². The number of carbonyl (C=O) groups is 1. The molecule has 0 atom stereocenters. The molecule has 3 rings (SSSR count). The normalized spacial score (nSPS) is 10.9. The van der Waals surface area contributed by atoms with Crippen LogP contribution >= 0.6 is 0 Å². The number of amides is 1. The van der Waals surface area contributed by atoms with E-state index in [1.807, 2.05) is 54.4 Å². The maximum Gasteiger partial charge on any atom is 0.234 e. The Bertz CT molecular complexity index is 814. The van der Waals surface area contributed by atoms with Crippen molar-refractivity contribution in [1.29, 1.82) is 0 Å². The molecule has 3 nitrogen and oxygen atoms in total. The summed E-state index contributed by atoms with van der Waals surface area (Å²) >= 11 is 0. The van der Waals surface area contributed by atoms with E-state index >= 15 is 0 Å². The standard InChI is InChI=1S/C21H22N2O/c1-23(16-21(24)22-14-17-7-3-2-4-8-17)15-18-11-12-19-9-5-6-10-20(19)13-18/h2-13H,14-16H2,1H3,(H,22,24). The summed E-state index contributed by atoms with van der Waals surface area (Å²) in [4.78, 5) is 14.1. The molecule has 0 spiro atoms. The third-order valence-corrected chi connectivity index (χ3v) is 4.01. The van der Waals surface area contributed by atoms with E-state index in [0.717, 1.165) is 12.1 Å². The lowest BCUT2D eigenvalue weighted by molar-refractivity contribution is -0.122. The lowest BCUT2D eigenvalue weighted by Crippen LogP contribution is -2.34. The molecule has 122 valence electrons. The molecule has 1 amide bonds. The summed E-state index contributed by atoms with van der Waals surface area (Å²) in [5.74, 6) is 0.0437. The number of fused-ring (bicyclic) bond motifs is 1. The lowest BCUT2D eigenvalue weighted by atomic mass is 10.1. The van der Waals surface area contributed by atoms with Crippen LogP contribution in [-0.4, -0.2) is 24.4 Å². The zero-order valence-electron chi connectivity index (χ0n) is 13.9. The summed E-state index contributed by atoms with van der Waals surface area (Å²) in [7, 11) is 1.97. The topological polar surface area (TPSA) is 32.3 Å². The fourth-order valence-electron chi connectivity index (χ4n) is 2.80. The van der Waals surface area contributed by atoms with E-state index in [1.54, 1.807) is 0 Å². The number of benzene rings is 3. The van der Waals surface area contributed by atoms with Crippen molar-refractivity contribution >= 4 is 16.7 Å². The Morgan fingerprint density at radius 1 is 0.875 bits per heavy atom. The van der Waals surface area contributed by atoms with Crippen molar-refractivity contribution in [3.63, 3.8) is 0 Å². The molecule has 3 heteroatoms. The van der Waals surface area contributed by atoms with Crippen LogP contribution in [0.5, 0.6) is 0 Å². The summed E-state index contributed by atoms with van der Waals surface area (Å²) in [6.45, 7) is 1.72. The van der Waals surface area contributed by atoms with Gasteiger partial charge in [-0.3, -0.25) is 9.69 Å². The van der Waals surface area contributed by atoms with Crippen LogP contribution in [0, 0.1) is 0 Å². The van der Waals surface area contributed by atoms with Gasteiger partial charge < -0.3 is 5.32 Å². The Balaban J connectivity index is 1.52. The second kappa shape index (κ2) is 7.75. The highest BCUT2D eigenvalue weighted by Crippen LogP contribution is 2.16. The van der Waals surface area contributed by atoms with E-state index in [1.165, 1.54) is 16.3 Å². The van der Waals surface area contributed by atoms with Crippen LogP contribution in [0.4, 0.5) is 0 Å².